The van der Waals surface area contributed by atoms with Crippen LogP contribution >= 0.6 is 0 Å². The van der Waals surface area contributed by atoms with Crippen LogP contribution < -0.4 is 0 Å². The minimum Gasteiger partial charge on any atom is -0.476 e. The minimum atomic E-state index is 0.245. The van der Waals surface area contributed by atoms with Crippen molar-refractivity contribution in [3.63, 3.8) is 0 Å². The summed E-state index contributed by atoms with van der Waals surface area (Å²) >= 11 is 0. The molecule has 0 aliphatic carbocycles. The molecule has 1 aliphatic heterocycles. The van der Waals surface area contributed by atoms with E-state index < -0.39 is 0 Å². The van der Waals surface area contributed by atoms with Crippen LogP contribution in [0.15, 0.2) is 12.5 Å². The van der Waals surface area contributed by atoms with E-state index >= 15 is 0 Å². The molecule has 0 amide bonds. The summed E-state index contributed by atoms with van der Waals surface area (Å²) in [5, 5.41) is 0. The monoisotopic (exact) mass is 155 g/mol. The van der Waals surface area contributed by atoms with Gasteiger partial charge in [0.2, 0.25) is 0 Å². The first-order valence-corrected chi connectivity index (χ1v) is 4.22. The lowest BCUT2D eigenvalue weighted by atomic mass is 10.1. The van der Waals surface area contributed by atoms with Crippen molar-refractivity contribution in [2.24, 2.45) is 5.92 Å². The molecule has 0 aromatic carbocycles. The van der Waals surface area contributed by atoms with Crippen LogP contribution in [0.5, 0.6) is 0 Å². The first-order chi connectivity index (χ1) is 5.13. The second-order valence-electron chi connectivity index (χ2n) is 3.60. The fourth-order valence-electron chi connectivity index (χ4n) is 1.31. The van der Waals surface area contributed by atoms with E-state index in [0.717, 1.165) is 0 Å². The maximum atomic E-state index is 5.43. The topological polar surface area (TPSA) is 12.5 Å². The maximum absolute atomic E-state index is 5.43. The van der Waals surface area contributed by atoms with Crippen molar-refractivity contribution >= 4 is 0 Å². The molecule has 0 N–H and O–H groups in total. The van der Waals surface area contributed by atoms with Gasteiger partial charge in [0.05, 0.1) is 0 Å². The second kappa shape index (κ2) is 3.16. The highest BCUT2D eigenvalue weighted by Crippen LogP contribution is 2.20. The number of ether oxygens (including phenoxy) is 1. The molecule has 2 heteroatoms. The molecule has 0 aromatic heterocycles. The Balaban J connectivity index is 2.56. The van der Waals surface area contributed by atoms with E-state index in [4.69, 9.17) is 4.74 Å². The van der Waals surface area contributed by atoms with Gasteiger partial charge in [0.15, 0.2) is 6.23 Å². The van der Waals surface area contributed by atoms with Gasteiger partial charge in [-0.15, -0.1) is 0 Å². The summed E-state index contributed by atoms with van der Waals surface area (Å²) in [5.74, 6) is 0.549. The molecular weight excluding hydrogens is 138 g/mol. The van der Waals surface area contributed by atoms with E-state index in [9.17, 15) is 0 Å². The molecule has 0 aromatic rings. The highest BCUT2D eigenvalue weighted by molar-refractivity contribution is 4.89. The van der Waals surface area contributed by atoms with Crippen LogP contribution in [0.3, 0.4) is 0 Å². The van der Waals surface area contributed by atoms with Crippen molar-refractivity contribution in [1.29, 1.82) is 0 Å². The van der Waals surface area contributed by atoms with Gasteiger partial charge < -0.3 is 9.64 Å². The van der Waals surface area contributed by atoms with Gasteiger partial charge in [0, 0.05) is 18.2 Å². The number of hydrogen-bond acceptors (Lipinski definition) is 2. The number of rotatable bonds is 2. The summed E-state index contributed by atoms with van der Waals surface area (Å²) in [6.07, 6.45) is 4.05. The van der Waals surface area contributed by atoms with Gasteiger partial charge in [-0.3, -0.25) is 0 Å². The van der Waals surface area contributed by atoms with Crippen LogP contribution in [0.1, 0.15) is 27.7 Å². The molecule has 1 rings (SSSR count). The van der Waals surface area contributed by atoms with E-state index in [1.165, 1.54) is 0 Å². The van der Waals surface area contributed by atoms with Crippen LogP contribution in [0.25, 0.3) is 0 Å². The van der Waals surface area contributed by atoms with Gasteiger partial charge in [0.25, 0.3) is 0 Å². The van der Waals surface area contributed by atoms with Crippen molar-refractivity contribution in [3.05, 3.63) is 12.5 Å². The minimum absolute atomic E-state index is 0.245. The SMILES string of the molecule is CC(C)[C@@H]1OC=CN1C(C)C. The first kappa shape index (κ1) is 8.44. The summed E-state index contributed by atoms with van der Waals surface area (Å²) in [7, 11) is 0. The second-order valence-corrected chi connectivity index (χ2v) is 3.60. The molecule has 0 spiro atoms. The predicted octanol–water partition coefficient (Wildman–Crippen LogP) is 2.18. The lowest BCUT2D eigenvalue weighted by Gasteiger charge is -2.30. The normalized spacial score (nSPS) is 23.5. The van der Waals surface area contributed by atoms with Crippen LogP contribution in [-0.4, -0.2) is 17.2 Å². The third-order valence-electron chi connectivity index (χ3n) is 1.91. The molecule has 1 aliphatic rings. The van der Waals surface area contributed by atoms with Crippen molar-refractivity contribution in [3.8, 4) is 0 Å². The molecule has 2 nitrogen and oxygen atoms in total. The third-order valence-corrected chi connectivity index (χ3v) is 1.91. The molecule has 11 heavy (non-hydrogen) atoms. The Bertz CT molecular complexity index is 152. The highest BCUT2D eigenvalue weighted by atomic mass is 16.5. The predicted molar refractivity (Wildman–Crippen MR) is 45.8 cm³/mol. The van der Waals surface area contributed by atoms with Crippen LogP contribution in [0.2, 0.25) is 0 Å². The van der Waals surface area contributed by atoms with E-state index in [0.29, 0.717) is 12.0 Å². The highest BCUT2D eigenvalue weighted by Gasteiger charge is 2.25. The zero-order valence-corrected chi connectivity index (χ0v) is 7.74. The molecule has 64 valence electrons. The Kier molecular flexibility index (Phi) is 2.42. The summed E-state index contributed by atoms with van der Waals surface area (Å²) < 4.78 is 5.43. The van der Waals surface area contributed by atoms with E-state index in [-0.39, 0.29) is 6.23 Å². The lowest BCUT2D eigenvalue weighted by Crippen LogP contribution is -2.37. The quantitative estimate of drug-likeness (QED) is 0.606. The van der Waals surface area contributed by atoms with E-state index in [2.05, 4.69) is 32.6 Å². The van der Waals surface area contributed by atoms with Gasteiger partial charge in [-0.25, -0.2) is 0 Å². The standard InChI is InChI=1S/C9H17NO/c1-7(2)9-10(8(3)4)5-6-11-9/h5-9H,1-4H3/t9-/m0/s1. The van der Waals surface area contributed by atoms with Crippen LogP contribution in [0, 0.1) is 5.92 Å². The summed E-state index contributed by atoms with van der Waals surface area (Å²) in [4.78, 5) is 2.24. The van der Waals surface area contributed by atoms with Gasteiger partial charge in [-0.2, -0.15) is 0 Å². The van der Waals surface area contributed by atoms with Crippen molar-refractivity contribution in [1.82, 2.24) is 4.90 Å². The molecule has 0 saturated heterocycles. The fourth-order valence-corrected chi connectivity index (χ4v) is 1.31. The van der Waals surface area contributed by atoms with Gasteiger partial charge in [-0.05, 0) is 13.8 Å². The molecule has 0 fully saturated rings. The van der Waals surface area contributed by atoms with Crippen molar-refractivity contribution < 1.29 is 4.74 Å². The Hall–Kier alpha value is -0.660. The third kappa shape index (κ3) is 1.67. The molecule has 0 radical (unpaired) electrons. The van der Waals surface area contributed by atoms with Crippen molar-refractivity contribution in [2.45, 2.75) is 40.0 Å². The molecule has 1 atom stereocenters. The molecule has 1 heterocycles. The van der Waals surface area contributed by atoms with Gasteiger partial charge >= 0.3 is 0 Å². The first-order valence-electron chi connectivity index (χ1n) is 4.22. The average Bonchev–Trinajstić information content (AvgIpc) is 2.32. The molecule has 0 bridgehead atoms. The van der Waals surface area contributed by atoms with Crippen LogP contribution in [0.4, 0.5) is 0 Å². The van der Waals surface area contributed by atoms with Gasteiger partial charge in [0.1, 0.15) is 6.26 Å². The molecule has 0 unspecified atom stereocenters. The average molecular weight is 155 g/mol. The van der Waals surface area contributed by atoms with Crippen molar-refractivity contribution in [2.75, 3.05) is 0 Å². The lowest BCUT2D eigenvalue weighted by molar-refractivity contribution is 0.00420. The van der Waals surface area contributed by atoms with Gasteiger partial charge in [-0.1, -0.05) is 13.8 Å². The Morgan fingerprint density at radius 2 is 1.91 bits per heavy atom. The Labute approximate surface area is 68.8 Å². The number of hydrogen-bond donors (Lipinski definition) is 0. The maximum Gasteiger partial charge on any atom is 0.173 e. The smallest absolute Gasteiger partial charge is 0.173 e. The van der Waals surface area contributed by atoms with E-state index in [1.807, 2.05) is 6.20 Å². The molecule has 0 saturated carbocycles. The summed E-state index contributed by atoms with van der Waals surface area (Å²) in [6, 6.07) is 0.529. The zero-order valence-electron chi connectivity index (χ0n) is 7.74. The van der Waals surface area contributed by atoms with Crippen LogP contribution in [-0.2, 0) is 4.74 Å². The fraction of sp³-hybridized carbons (Fsp3) is 0.778. The molecular formula is C9H17NO. The number of nitrogens with zero attached hydrogens (tertiary/aromatic N) is 1. The summed E-state index contributed by atoms with van der Waals surface area (Å²) in [6.45, 7) is 8.70. The Morgan fingerprint density at radius 3 is 2.27 bits per heavy atom. The summed E-state index contributed by atoms with van der Waals surface area (Å²) in [5.41, 5.74) is 0. The van der Waals surface area contributed by atoms with E-state index in [1.54, 1.807) is 6.26 Å². The zero-order chi connectivity index (χ0) is 8.43. The Morgan fingerprint density at radius 1 is 1.27 bits per heavy atom. The largest absolute Gasteiger partial charge is 0.476 e.